The summed E-state index contributed by atoms with van der Waals surface area (Å²) < 4.78 is 19.0. The van der Waals surface area contributed by atoms with E-state index in [1.807, 2.05) is 12.1 Å². The van der Waals surface area contributed by atoms with Gasteiger partial charge in [-0.1, -0.05) is 0 Å². The molecule has 2 aromatic rings. The van der Waals surface area contributed by atoms with Crippen molar-refractivity contribution in [3.05, 3.63) is 47.9 Å². The first-order valence-electron chi connectivity index (χ1n) is 8.94. The Morgan fingerprint density at radius 1 is 1.44 bits per heavy atom. The zero-order valence-electron chi connectivity index (χ0n) is 15.6. The summed E-state index contributed by atoms with van der Waals surface area (Å²) in [4.78, 5) is 16.4. The number of amides is 2. The van der Waals surface area contributed by atoms with Crippen molar-refractivity contribution in [3.8, 4) is 5.75 Å². The van der Waals surface area contributed by atoms with Gasteiger partial charge in [-0.15, -0.1) is 5.10 Å². The van der Waals surface area contributed by atoms with Crippen LogP contribution in [0.1, 0.15) is 18.4 Å². The Labute approximate surface area is 158 Å². The van der Waals surface area contributed by atoms with Crippen molar-refractivity contribution < 1.29 is 13.9 Å². The van der Waals surface area contributed by atoms with Gasteiger partial charge in [-0.05, 0) is 43.2 Å². The molecule has 1 aliphatic rings. The molecule has 0 unspecified atom stereocenters. The van der Waals surface area contributed by atoms with Gasteiger partial charge in [-0.2, -0.15) is 5.10 Å². The highest BCUT2D eigenvalue weighted by molar-refractivity contribution is 5.74. The van der Waals surface area contributed by atoms with Crippen molar-refractivity contribution in [2.45, 2.75) is 25.4 Å². The van der Waals surface area contributed by atoms with Gasteiger partial charge in [0.15, 0.2) is 5.82 Å². The Morgan fingerprint density at radius 2 is 2.30 bits per heavy atom. The maximum absolute atomic E-state index is 13.9. The number of carbonyl (C=O) groups is 1. The molecule has 1 aromatic carbocycles. The molecule has 1 atom stereocenters. The fraction of sp³-hybridized carbons (Fsp3) is 0.421. The fourth-order valence-electron chi connectivity index (χ4n) is 3.22. The fourth-order valence-corrected chi connectivity index (χ4v) is 3.22. The van der Waals surface area contributed by atoms with E-state index in [2.05, 4.69) is 20.4 Å². The van der Waals surface area contributed by atoms with Crippen LogP contribution in [0.4, 0.5) is 15.0 Å². The second-order valence-electron chi connectivity index (χ2n) is 6.55. The lowest BCUT2D eigenvalue weighted by Gasteiger charge is -2.37. The van der Waals surface area contributed by atoms with Crippen LogP contribution < -0.4 is 15.0 Å². The van der Waals surface area contributed by atoms with Crippen molar-refractivity contribution in [1.29, 1.82) is 0 Å². The SMILES string of the molecule is COc1ccc(F)c(CNC(=O)N(C)[C@@H]2CCCN(c3cccnn3)C2)c1. The number of piperidine rings is 1. The molecule has 8 heteroatoms. The highest BCUT2D eigenvalue weighted by Crippen LogP contribution is 2.20. The molecule has 1 N–H and O–H groups in total. The number of carbonyl (C=O) groups excluding carboxylic acids is 1. The number of urea groups is 1. The van der Waals surface area contributed by atoms with Crippen molar-refractivity contribution in [1.82, 2.24) is 20.4 Å². The molecule has 3 rings (SSSR count). The summed E-state index contributed by atoms with van der Waals surface area (Å²) in [5.41, 5.74) is 0.390. The summed E-state index contributed by atoms with van der Waals surface area (Å²) in [6, 6.07) is 8.07. The van der Waals surface area contributed by atoms with Crippen LogP contribution in [0.15, 0.2) is 36.5 Å². The number of likely N-dealkylation sites (N-methyl/N-ethyl adjacent to an activating group) is 1. The highest BCUT2D eigenvalue weighted by Gasteiger charge is 2.27. The maximum atomic E-state index is 13.9. The largest absolute Gasteiger partial charge is 0.497 e. The van der Waals surface area contributed by atoms with Gasteiger partial charge < -0.3 is 19.9 Å². The number of aromatic nitrogens is 2. The molecule has 1 fully saturated rings. The average molecular weight is 373 g/mol. The molecule has 0 radical (unpaired) electrons. The van der Waals surface area contributed by atoms with E-state index >= 15 is 0 Å². The van der Waals surface area contributed by atoms with Crippen LogP contribution in [0.25, 0.3) is 0 Å². The Morgan fingerprint density at radius 3 is 3.04 bits per heavy atom. The van der Waals surface area contributed by atoms with Crippen molar-refractivity contribution in [2.24, 2.45) is 0 Å². The van der Waals surface area contributed by atoms with Crippen LogP contribution >= 0.6 is 0 Å². The molecule has 0 aliphatic carbocycles. The molecule has 7 nitrogen and oxygen atoms in total. The van der Waals surface area contributed by atoms with E-state index in [0.29, 0.717) is 17.9 Å². The average Bonchev–Trinajstić information content (AvgIpc) is 2.73. The molecule has 1 saturated heterocycles. The van der Waals surface area contributed by atoms with Gasteiger partial charge in [-0.25, -0.2) is 9.18 Å². The van der Waals surface area contributed by atoms with Crippen molar-refractivity contribution >= 4 is 11.8 Å². The Hall–Kier alpha value is -2.90. The van der Waals surface area contributed by atoms with Gasteiger partial charge in [-0.3, -0.25) is 0 Å². The van der Waals surface area contributed by atoms with E-state index in [1.54, 1.807) is 30.3 Å². The van der Waals surface area contributed by atoms with E-state index in [4.69, 9.17) is 4.74 Å². The predicted molar refractivity (Wildman–Crippen MR) is 100 cm³/mol. The number of nitrogens with zero attached hydrogens (tertiary/aromatic N) is 4. The van der Waals surface area contributed by atoms with E-state index < -0.39 is 0 Å². The minimum absolute atomic E-state index is 0.0518. The minimum atomic E-state index is -0.370. The number of halogens is 1. The number of ether oxygens (including phenoxy) is 1. The molecule has 2 amide bonds. The highest BCUT2D eigenvalue weighted by atomic mass is 19.1. The topological polar surface area (TPSA) is 70.6 Å². The van der Waals surface area contributed by atoms with Crippen LogP contribution in [-0.2, 0) is 6.54 Å². The zero-order valence-corrected chi connectivity index (χ0v) is 15.6. The Bertz CT molecular complexity index is 774. The van der Waals surface area contributed by atoms with Crippen LogP contribution in [0.3, 0.4) is 0 Å². The summed E-state index contributed by atoms with van der Waals surface area (Å²) >= 11 is 0. The third kappa shape index (κ3) is 4.64. The monoisotopic (exact) mass is 373 g/mol. The van der Waals surface area contributed by atoms with Gasteiger partial charge in [0.25, 0.3) is 0 Å². The maximum Gasteiger partial charge on any atom is 0.317 e. The van der Waals surface area contributed by atoms with Crippen molar-refractivity contribution in [2.75, 3.05) is 32.1 Å². The minimum Gasteiger partial charge on any atom is -0.497 e. The molecule has 1 aliphatic heterocycles. The number of anilines is 1. The third-order valence-electron chi connectivity index (χ3n) is 4.83. The molecule has 2 heterocycles. The molecule has 0 saturated carbocycles. The second kappa shape index (κ2) is 8.66. The smallest absolute Gasteiger partial charge is 0.317 e. The lowest BCUT2D eigenvalue weighted by molar-refractivity contribution is 0.182. The molecule has 1 aromatic heterocycles. The Kier molecular flexibility index (Phi) is 6.05. The lowest BCUT2D eigenvalue weighted by atomic mass is 10.0. The van der Waals surface area contributed by atoms with E-state index in [0.717, 1.165) is 25.2 Å². The normalized spacial score (nSPS) is 16.7. The molecule has 27 heavy (non-hydrogen) atoms. The summed E-state index contributed by atoms with van der Waals surface area (Å²) in [6.45, 7) is 1.68. The number of nitrogens with one attached hydrogen (secondary N) is 1. The van der Waals surface area contributed by atoms with Crippen molar-refractivity contribution in [3.63, 3.8) is 0 Å². The molecule has 144 valence electrons. The van der Waals surface area contributed by atoms with E-state index in [-0.39, 0.29) is 24.4 Å². The van der Waals surface area contributed by atoms with Gasteiger partial charge >= 0.3 is 6.03 Å². The quantitative estimate of drug-likeness (QED) is 0.872. The number of rotatable bonds is 5. The first-order valence-corrected chi connectivity index (χ1v) is 8.94. The number of methoxy groups -OCH3 is 1. The summed E-state index contributed by atoms with van der Waals surface area (Å²) in [5.74, 6) is 1.00. The van der Waals surface area contributed by atoms with Crippen LogP contribution in [0.5, 0.6) is 5.75 Å². The Balaban J connectivity index is 1.58. The lowest BCUT2D eigenvalue weighted by Crippen LogP contribution is -2.51. The molecule has 0 spiro atoms. The number of hydrogen-bond acceptors (Lipinski definition) is 5. The first kappa shape index (κ1) is 18.9. The zero-order chi connectivity index (χ0) is 19.2. The molecule has 0 bridgehead atoms. The standard InChI is InChI=1S/C19H24FN5O2/c1-24(15-5-4-10-25(13-15)18-6-3-9-22-23-18)19(26)21-12-14-11-16(27-2)7-8-17(14)20/h3,6-9,11,15H,4-5,10,12-13H2,1-2H3,(H,21,26)/t15-/m1/s1. The summed E-state index contributed by atoms with van der Waals surface area (Å²) in [5, 5.41) is 10.9. The summed E-state index contributed by atoms with van der Waals surface area (Å²) in [7, 11) is 3.29. The third-order valence-corrected chi connectivity index (χ3v) is 4.83. The number of benzene rings is 1. The van der Waals surface area contributed by atoms with E-state index in [9.17, 15) is 9.18 Å². The predicted octanol–water partition coefficient (Wildman–Crippen LogP) is 2.43. The molecular formula is C19H24FN5O2. The van der Waals surface area contributed by atoms with Crippen LogP contribution in [0.2, 0.25) is 0 Å². The summed E-state index contributed by atoms with van der Waals surface area (Å²) in [6.07, 6.45) is 3.51. The van der Waals surface area contributed by atoms with Gasteiger partial charge in [0, 0.05) is 38.4 Å². The first-order chi connectivity index (χ1) is 13.1. The van der Waals surface area contributed by atoms with E-state index in [1.165, 1.54) is 13.2 Å². The molecular weight excluding hydrogens is 349 g/mol. The van der Waals surface area contributed by atoms with Gasteiger partial charge in [0.2, 0.25) is 0 Å². The van der Waals surface area contributed by atoms with Gasteiger partial charge in [0.05, 0.1) is 13.2 Å². The second-order valence-corrected chi connectivity index (χ2v) is 6.55. The van der Waals surface area contributed by atoms with Crippen LogP contribution in [-0.4, -0.2) is 54.4 Å². The van der Waals surface area contributed by atoms with Crippen LogP contribution in [0, 0.1) is 5.82 Å². The van der Waals surface area contributed by atoms with Gasteiger partial charge in [0.1, 0.15) is 11.6 Å². The number of hydrogen-bond donors (Lipinski definition) is 1.